The van der Waals surface area contributed by atoms with Crippen LogP contribution in [0.1, 0.15) is 11.1 Å². The standard InChI is InChI=1S/C15H15ClN4/c1-17-7-12-10-20(15-13(12)3-2-5-19-15)9-11-4-6-18-8-14(11)16/h2-6,8,10,17H,7,9H2,1H3. The summed E-state index contributed by atoms with van der Waals surface area (Å²) in [7, 11) is 1.94. The van der Waals surface area contributed by atoms with Gasteiger partial charge in [0.2, 0.25) is 0 Å². The molecule has 0 bridgehead atoms. The van der Waals surface area contributed by atoms with E-state index >= 15 is 0 Å². The van der Waals surface area contributed by atoms with Crippen LogP contribution in [-0.2, 0) is 13.1 Å². The molecule has 0 saturated heterocycles. The number of halogens is 1. The van der Waals surface area contributed by atoms with Crippen molar-refractivity contribution in [2.75, 3.05) is 7.05 Å². The van der Waals surface area contributed by atoms with Crippen LogP contribution in [0.4, 0.5) is 0 Å². The maximum atomic E-state index is 6.18. The molecule has 5 heteroatoms. The second-order valence-corrected chi connectivity index (χ2v) is 5.06. The Kier molecular flexibility index (Phi) is 3.67. The van der Waals surface area contributed by atoms with Crippen LogP contribution in [0.2, 0.25) is 5.02 Å². The lowest BCUT2D eigenvalue weighted by Gasteiger charge is -2.06. The van der Waals surface area contributed by atoms with Crippen LogP contribution in [0.15, 0.2) is 43.0 Å². The third-order valence-electron chi connectivity index (χ3n) is 3.28. The van der Waals surface area contributed by atoms with Gasteiger partial charge in [0, 0.05) is 36.7 Å². The van der Waals surface area contributed by atoms with E-state index in [1.54, 1.807) is 12.4 Å². The van der Waals surface area contributed by atoms with Crippen molar-refractivity contribution in [3.05, 3.63) is 59.1 Å². The summed E-state index contributed by atoms with van der Waals surface area (Å²) in [6.45, 7) is 1.51. The van der Waals surface area contributed by atoms with Crippen LogP contribution < -0.4 is 5.32 Å². The lowest BCUT2D eigenvalue weighted by Crippen LogP contribution is -2.04. The van der Waals surface area contributed by atoms with Gasteiger partial charge >= 0.3 is 0 Å². The maximum Gasteiger partial charge on any atom is 0.140 e. The first kappa shape index (κ1) is 13.1. The van der Waals surface area contributed by atoms with Crippen molar-refractivity contribution in [1.82, 2.24) is 19.9 Å². The summed E-state index contributed by atoms with van der Waals surface area (Å²) in [5.41, 5.74) is 3.26. The zero-order valence-corrected chi connectivity index (χ0v) is 11.9. The second-order valence-electron chi connectivity index (χ2n) is 4.65. The van der Waals surface area contributed by atoms with Gasteiger partial charge in [0.1, 0.15) is 5.65 Å². The molecule has 0 saturated carbocycles. The van der Waals surface area contributed by atoms with E-state index in [1.807, 2.05) is 25.4 Å². The molecule has 3 aromatic heterocycles. The Hall–Kier alpha value is -1.91. The molecule has 0 amide bonds. The van der Waals surface area contributed by atoms with Gasteiger partial charge in [-0.1, -0.05) is 11.6 Å². The number of nitrogens with one attached hydrogen (secondary N) is 1. The number of pyridine rings is 2. The molecule has 4 nitrogen and oxygen atoms in total. The molecule has 0 unspecified atom stereocenters. The Morgan fingerprint density at radius 2 is 2.15 bits per heavy atom. The van der Waals surface area contributed by atoms with Crippen molar-refractivity contribution < 1.29 is 0 Å². The molecule has 1 N–H and O–H groups in total. The van der Waals surface area contributed by atoms with Gasteiger partial charge in [0.05, 0.1) is 11.6 Å². The first-order valence-electron chi connectivity index (χ1n) is 6.45. The van der Waals surface area contributed by atoms with E-state index in [0.29, 0.717) is 11.6 Å². The molecular weight excluding hydrogens is 272 g/mol. The quantitative estimate of drug-likeness (QED) is 0.802. The summed E-state index contributed by atoms with van der Waals surface area (Å²) in [6.07, 6.45) is 7.38. The minimum Gasteiger partial charge on any atom is -0.328 e. The van der Waals surface area contributed by atoms with E-state index in [2.05, 4.69) is 32.1 Å². The van der Waals surface area contributed by atoms with Crippen molar-refractivity contribution in [3.8, 4) is 0 Å². The molecule has 3 rings (SSSR count). The summed E-state index contributed by atoms with van der Waals surface area (Å²) in [4.78, 5) is 8.50. The maximum absolute atomic E-state index is 6.18. The Morgan fingerprint density at radius 1 is 1.25 bits per heavy atom. The van der Waals surface area contributed by atoms with Crippen LogP contribution in [0, 0.1) is 0 Å². The third kappa shape index (κ3) is 2.40. The number of hydrogen-bond donors (Lipinski definition) is 1. The van der Waals surface area contributed by atoms with Crippen molar-refractivity contribution in [1.29, 1.82) is 0 Å². The lowest BCUT2D eigenvalue weighted by molar-refractivity contribution is 0.791. The van der Waals surface area contributed by atoms with Gasteiger partial charge in [-0.25, -0.2) is 4.98 Å². The van der Waals surface area contributed by atoms with Gasteiger partial charge in [0.25, 0.3) is 0 Å². The highest BCUT2D eigenvalue weighted by atomic mass is 35.5. The van der Waals surface area contributed by atoms with E-state index in [1.165, 1.54) is 10.9 Å². The third-order valence-corrected chi connectivity index (χ3v) is 3.62. The predicted octanol–water partition coefficient (Wildman–Crippen LogP) is 2.85. The van der Waals surface area contributed by atoms with Crippen LogP contribution in [0.25, 0.3) is 11.0 Å². The van der Waals surface area contributed by atoms with Crippen molar-refractivity contribution >= 4 is 22.6 Å². The molecular formula is C15H15ClN4. The minimum absolute atomic E-state index is 0.681. The zero-order valence-electron chi connectivity index (χ0n) is 11.2. The summed E-state index contributed by atoms with van der Waals surface area (Å²) >= 11 is 6.18. The fourth-order valence-corrected chi connectivity index (χ4v) is 2.54. The molecule has 0 atom stereocenters. The largest absolute Gasteiger partial charge is 0.328 e. The first-order valence-corrected chi connectivity index (χ1v) is 6.83. The Balaban J connectivity index is 2.05. The van der Waals surface area contributed by atoms with E-state index in [4.69, 9.17) is 11.6 Å². The van der Waals surface area contributed by atoms with Gasteiger partial charge in [-0.2, -0.15) is 0 Å². The normalized spacial score (nSPS) is 11.1. The topological polar surface area (TPSA) is 42.7 Å². The lowest BCUT2D eigenvalue weighted by atomic mass is 10.2. The SMILES string of the molecule is CNCc1cn(Cc2ccncc2Cl)c2ncccc12. The minimum atomic E-state index is 0.681. The summed E-state index contributed by atoms with van der Waals surface area (Å²) in [6, 6.07) is 6.00. The fraction of sp³-hybridized carbons (Fsp3) is 0.200. The molecule has 0 fully saturated rings. The highest BCUT2D eigenvalue weighted by Gasteiger charge is 2.10. The molecule has 20 heavy (non-hydrogen) atoms. The fourth-order valence-electron chi connectivity index (χ4n) is 2.36. The average molecular weight is 287 g/mol. The first-order chi connectivity index (χ1) is 9.79. The highest BCUT2D eigenvalue weighted by molar-refractivity contribution is 6.31. The molecule has 3 heterocycles. The Labute approximate surface area is 122 Å². The number of nitrogens with zero attached hydrogens (tertiary/aromatic N) is 3. The Bertz CT molecular complexity index is 736. The number of rotatable bonds is 4. The van der Waals surface area contributed by atoms with Crippen molar-refractivity contribution in [2.24, 2.45) is 0 Å². The van der Waals surface area contributed by atoms with E-state index in [-0.39, 0.29) is 0 Å². The summed E-state index contributed by atoms with van der Waals surface area (Å²) in [5, 5.41) is 5.04. The van der Waals surface area contributed by atoms with Crippen LogP contribution >= 0.6 is 11.6 Å². The van der Waals surface area contributed by atoms with E-state index in [9.17, 15) is 0 Å². The average Bonchev–Trinajstić information content (AvgIpc) is 2.81. The zero-order chi connectivity index (χ0) is 13.9. The van der Waals surface area contributed by atoms with Crippen LogP contribution in [-0.4, -0.2) is 21.6 Å². The summed E-state index contributed by atoms with van der Waals surface area (Å²) in [5.74, 6) is 0. The van der Waals surface area contributed by atoms with Crippen LogP contribution in [0.5, 0.6) is 0 Å². The summed E-state index contributed by atoms with van der Waals surface area (Å²) < 4.78 is 2.13. The molecule has 0 radical (unpaired) electrons. The van der Waals surface area contributed by atoms with Gasteiger partial charge in [-0.05, 0) is 36.4 Å². The molecule has 0 aliphatic carbocycles. The molecule has 102 valence electrons. The van der Waals surface area contributed by atoms with Gasteiger partial charge < -0.3 is 9.88 Å². The molecule has 0 aliphatic heterocycles. The Morgan fingerprint density at radius 3 is 2.95 bits per heavy atom. The van der Waals surface area contributed by atoms with E-state index in [0.717, 1.165) is 17.8 Å². The molecule has 0 aromatic carbocycles. The molecule has 3 aromatic rings. The predicted molar refractivity (Wildman–Crippen MR) is 80.8 cm³/mol. The number of hydrogen-bond acceptors (Lipinski definition) is 3. The molecule has 0 aliphatic rings. The van der Waals surface area contributed by atoms with Gasteiger partial charge in [-0.3, -0.25) is 4.98 Å². The van der Waals surface area contributed by atoms with Gasteiger partial charge in [0.15, 0.2) is 0 Å². The van der Waals surface area contributed by atoms with Crippen LogP contribution in [0.3, 0.4) is 0 Å². The molecule has 0 spiro atoms. The number of aromatic nitrogens is 3. The van der Waals surface area contributed by atoms with E-state index < -0.39 is 0 Å². The smallest absolute Gasteiger partial charge is 0.140 e. The van der Waals surface area contributed by atoms with Crippen molar-refractivity contribution in [2.45, 2.75) is 13.1 Å². The van der Waals surface area contributed by atoms with Crippen molar-refractivity contribution in [3.63, 3.8) is 0 Å². The second kappa shape index (κ2) is 5.61. The monoisotopic (exact) mass is 286 g/mol. The number of fused-ring (bicyclic) bond motifs is 1. The van der Waals surface area contributed by atoms with Gasteiger partial charge in [-0.15, -0.1) is 0 Å². The highest BCUT2D eigenvalue weighted by Crippen LogP contribution is 2.22.